The second kappa shape index (κ2) is 3.65. The molecule has 0 amide bonds. The van der Waals surface area contributed by atoms with E-state index in [1.54, 1.807) is 12.4 Å². The summed E-state index contributed by atoms with van der Waals surface area (Å²) in [7, 11) is 1.48. The summed E-state index contributed by atoms with van der Waals surface area (Å²) >= 11 is 0. The minimum Gasteiger partial charge on any atom is -0.399 e. The van der Waals surface area contributed by atoms with Crippen LogP contribution in [0.25, 0.3) is 0 Å². The van der Waals surface area contributed by atoms with E-state index < -0.39 is 0 Å². The lowest BCUT2D eigenvalue weighted by Crippen LogP contribution is -1.90. The summed E-state index contributed by atoms with van der Waals surface area (Å²) in [4.78, 5) is 12.5. The van der Waals surface area contributed by atoms with Gasteiger partial charge in [0.2, 0.25) is 0 Å². The number of rotatable bonds is 2. The summed E-state index contributed by atoms with van der Waals surface area (Å²) in [6, 6.07) is 0. The highest BCUT2D eigenvalue weighted by Crippen LogP contribution is 1.89. The molecule has 0 aromatic carbocycles. The van der Waals surface area contributed by atoms with Gasteiger partial charge < -0.3 is 4.84 Å². The molecular weight excluding hydrogens is 142 g/mol. The topological polar surface area (TPSA) is 47.4 Å². The third-order valence-electron chi connectivity index (χ3n) is 1.09. The van der Waals surface area contributed by atoms with Gasteiger partial charge in [0, 0.05) is 6.20 Å². The molecule has 0 N–H and O–H groups in total. The molecule has 58 valence electrons. The van der Waals surface area contributed by atoms with E-state index in [4.69, 9.17) is 0 Å². The first-order chi connectivity index (χ1) is 5.33. The van der Waals surface area contributed by atoms with Crippen LogP contribution in [0.1, 0.15) is 11.4 Å². The number of oxime groups is 1. The molecule has 0 saturated heterocycles. The van der Waals surface area contributed by atoms with E-state index in [-0.39, 0.29) is 0 Å². The van der Waals surface area contributed by atoms with Crippen molar-refractivity contribution in [2.75, 3.05) is 7.11 Å². The number of nitrogens with zero attached hydrogens (tertiary/aromatic N) is 3. The van der Waals surface area contributed by atoms with Crippen LogP contribution < -0.4 is 0 Å². The van der Waals surface area contributed by atoms with E-state index in [0.717, 1.165) is 5.69 Å². The lowest BCUT2D eigenvalue weighted by Gasteiger charge is -1.91. The van der Waals surface area contributed by atoms with Gasteiger partial charge in [-0.25, -0.2) is 0 Å². The molecule has 1 rings (SSSR count). The third-order valence-corrected chi connectivity index (χ3v) is 1.09. The molecule has 1 aromatic heterocycles. The highest BCUT2D eigenvalue weighted by atomic mass is 16.6. The minimum absolute atomic E-state index is 0.692. The highest BCUT2D eigenvalue weighted by molar-refractivity contribution is 5.75. The zero-order chi connectivity index (χ0) is 8.10. The lowest BCUT2D eigenvalue weighted by molar-refractivity contribution is 0.215. The predicted molar refractivity (Wildman–Crippen MR) is 41.4 cm³/mol. The molecule has 0 spiro atoms. The Balaban J connectivity index is 2.73. The fraction of sp³-hybridized carbons (Fsp3) is 0.286. The molecular formula is C7H9N3O. The van der Waals surface area contributed by atoms with Gasteiger partial charge in [-0.15, -0.1) is 0 Å². The summed E-state index contributed by atoms with van der Waals surface area (Å²) in [6.45, 7) is 1.88. The van der Waals surface area contributed by atoms with E-state index in [0.29, 0.717) is 5.69 Å². The first-order valence-corrected chi connectivity index (χ1v) is 3.18. The Morgan fingerprint density at radius 1 is 1.45 bits per heavy atom. The average molecular weight is 151 g/mol. The van der Waals surface area contributed by atoms with Gasteiger partial charge in [-0.05, 0) is 6.92 Å². The molecule has 0 bridgehead atoms. The number of aryl methyl sites for hydroxylation is 1. The standard InChI is InChI=1S/C7H9N3O/c1-6-3-9-7(4-8-6)5-10-11-2/h3-5H,1-2H3/b10-5+. The fourth-order valence-electron chi connectivity index (χ4n) is 0.576. The van der Waals surface area contributed by atoms with Crippen molar-refractivity contribution in [1.82, 2.24) is 9.97 Å². The normalized spacial score (nSPS) is 10.4. The van der Waals surface area contributed by atoms with Crippen LogP contribution >= 0.6 is 0 Å². The summed E-state index contributed by atoms with van der Waals surface area (Å²) < 4.78 is 0. The molecule has 0 fully saturated rings. The molecule has 4 heteroatoms. The monoisotopic (exact) mass is 151 g/mol. The van der Waals surface area contributed by atoms with Gasteiger partial charge in [-0.1, -0.05) is 5.16 Å². The van der Waals surface area contributed by atoms with Crippen molar-refractivity contribution in [3.8, 4) is 0 Å². The maximum absolute atomic E-state index is 4.48. The van der Waals surface area contributed by atoms with Gasteiger partial charge in [0.1, 0.15) is 12.8 Å². The Bertz CT molecular complexity index is 242. The van der Waals surface area contributed by atoms with E-state index >= 15 is 0 Å². The van der Waals surface area contributed by atoms with Gasteiger partial charge in [0.25, 0.3) is 0 Å². The summed E-state index contributed by atoms with van der Waals surface area (Å²) in [5.41, 5.74) is 1.58. The van der Waals surface area contributed by atoms with Crippen molar-refractivity contribution in [3.05, 3.63) is 23.8 Å². The summed E-state index contributed by atoms with van der Waals surface area (Å²) in [5, 5.41) is 3.54. The zero-order valence-corrected chi connectivity index (χ0v) is 6.48. The Hall–Kier alpha value is -1.45. The molecule has 1 aromatic rings. The minimum atomic E-state index is 0.692. The van der Waals surface area contributed by atoms with Crippen LogP contribution in [0.15, 0.2) is 17.5 Å². The van der Waals surface area contributed by atoms with E-state index in [1.165, 1.54) is 13.3 Å². The number of hydrogen-bond donors (Lipinski definition) is 0. The molecule has 11 heavy (non-hydrogen) atoms. The van der Waals surface area contributed by atoms with E-state index in [2.05, 4.69) is 20.0 Å². The second-order valence-electron chi connectivity index (χ2n) is 2.00. The molecule has 0 saturated carbocycles. The first-order valence-electron chi connectivity index (χ1n) is 3.18. The molecule has 4 nitrogen and oxygen atoms in total. The summed E-state index contributed by atoms with van der Waals surface area (Å²) in [6.07, 6.45) is 4.82. The van der Waals surface area contributed by atoms with Gasteiger partial charge >= 0.3 is 0 Å². The van der Waals surface area contributed by atoms with Crippen molar-refractivity contribution in [2.24, 2.45) is 5.16 Å². The van der Waals surface area contributed by atoms with Crippen LogP contribution in [-0.4, -0.2) is 23.3 Å². The van der Waals surface area contributed by atoms with Crippen molar-refractivity contribution < 1.29 is 4.84 Å². The molecule has 0 aliphatic carbocycles. The fourth-order valence-corrected chi connectivity index (χ4v) is 0.576. The predicted octanol–water partition coefficient (Wildman–Crippen LogP) is 0.765. The molecule has 0 radical (unpaired) electrons. The molecule has 0 aliphatic heterocycles. The Morgan fingerprint density at radius 3 is 2.82 bits per heavy atom. The van der Waals surface area contributed by atoms with Crippen molar-refractivity contribution in [3.63, 3.8) is 0 Å². The van der Waals surface area contributed by atoms with Crippen LogP contribution in [0.3, 0.4) is 0 Å². The second-order valence-corrected chi connectivity index (χ2v) is 2.00. The van der Waals surface area contributed by atoms with Gasteiger partial charge in [0.05, 0.1) is 18.1 Å². The highest BCUT2D eigenvalue weighted by Gasteiger charge is 1.88. The molecule has 0 aliphatic rings. The van der Waals surface area contributed by atoms with Crippen LogP contribution in [0.2, 0.25) is 0 Å². The van der Waals surface area contributed by atoms with Gasteiger partial charge in [-0.2, -0.15) is 0 Å². The quantitative estimate of drug-likeness (QED) is 0.463. The average Bonchev–Trinajstić information content (AvgIpc) is 2.04. The van der Waals surface area contributed by atoms with Crippen molar-refractivity contribution in [2.45, 2.75) is 6.92 Å². The maximum Gasteiger partial charge on any atom is 0.106 e. The van der Waals surface area contributed by atoms with Crippen LogP contribution in [0.4, 0.5) is 0 Å². The van der Waals surface area contributed by atoms with Gasteiger partial charge in [0.15, 0.2) is 0 Å². The Morgan fingerprint density at radius 2 is 2.27 bits per heavy atom. The largest absolute Gasteiger partial charge is 0.399 e. The smallest absolute Gasteiger partial charge is 0.106 e. The maximum atomic E-state index is 4.48. The number of aromatic nitrogens is 2. The lowest BCUT2D eigenvalue weighted by atomic mass is 10.4. The first kappa shape index (κ1) is 7.65. The Labute approximate surface area is 64.9 Å². The Kier molecular flexibility index (Phi) is 2.54. The SMILES string of the molecule is CO/N=C/c1cnc(C)cn1. The molecule has 0 atom stereocenters. The van der Waals surface area contributed by atoms with Crippen LogP contribution in [-0.2, 0) is 4.84 Å². The molecule has 1 heterocycles. The third kappa shape index (κ3) is 2.33. The van der Waals surface area contributed by atoms with E-state index in [9.17, 15) is 0 Å². The van der Waals surface area contributed by atoms with E-state index in [1.807, 2.05) is 6.92 Å². The van der Waals surface area contributed by atoms with Crippen LogP contribution in [0, 0.1) is 6.92 Å². The van der Waals surface area contributed by atoms with Crippen LogP contribution in [0.5, 0.6) is 0 Å². The van der Waals surface area contributed by atoms with Gasteiger partial charge in [-0.3, -0.25) is 9.97 Å². The van der Waals surface area contributed by atoms with Crippen molar-refractivity contribution in [1.29, 1.82) is 0 Å². The molecule has 0 unspecified atom stereocenters. The van der Waals surface area contributed by atoms with Crippen molar-refractivity contribution >= 4 is 6.21 Å². The number of hydrogen-bond acceptors (Lipinski definition) is 4. The summed E-state index contributed by atoms with van der Waals surface area (Å²) in [5.74, 6) is 0. The zero-order valence-electron chi connectivity index (χ0n) is 6.48.